The molecule has 0 aliphatic carbocycles. The van der Waals surface area contributed by atoms with Crippen molar-refractivity contribution in [1.82, 2.24) is 5.32 Å². The predicted molar refractivity (Wildman–Crippen MR) is 141 cm³/mol. The molecule has 1 amide bonds. The first-order valence-electron chi connectivity index (χ1n) is 14.2. The molecule has 0 aromatic heterocycles. The second-order valence-corrected chi connectivity index (χ2v) is 10.5. The maximum Gasteiger partial charge on any atom is 0.328 e. The summed E-state index contributed by atoms with van der Waals surface area (Å²) < 4.78 is 11.3. The van der Waals surface area contributed by atoms with Gasteiger partial charge in [-0.25, -0.2) is 4.79 Å². The Balaban J connectivity index is 2.65. The Hall–Kier alpha value is -1.85. The Labute approximate surface area is 214 Å². The van der Waals surface area contributed by atoms with E-state index in [2.05, 4.69) is 31.3 Å². The van der Waals surface area contributed by atoms with E-state index < -0.39 is 12.0 Å². The quantitative estimate of drug-likeness (QED) is 0.0789. The van der Waals surface area contributed by atoms with Gasteiger partial charge in [0.15, 0.2) is 0 Å². The summed E-state index contributed by atoms with van der Waals surface area (Å²) in [5, 5.41) is 2.60. The molecule has 0 spiro atoms. The lowest BCUT2D eigenvalue weighted by Gasteiger charge is -2.37. The van der Waals surface area contributed by atoms with Gasteiger partial charge in [-0.3, -0.25) is 9.59 Å². The summed E-state index contributed by atoms with van der Waals surface area (Å²) in [6.07, 6.45) is 19.8. The fraction of sp³-hybridized carbons (Fsp3) is 0.828. The van der Waals surface area contributed by atoms with Crippen molar-refractivity contribution >= 4 is 18.3 Å². The summed E-state index contributed by atoms with van der Waals surface area (Å²) in [6, 6.07) is -0.657. The zero-order valence-corrected chi connectivity index (χ0v) is 22.8. The van der Waals surface area contributed by atoms with Gasteiger partial charge in [0, 0.05) is 12.8 Å². The van der Waals surface area contributed by atoms with Gasteiger partial charge < -0.3 is 14.8 Å². The van der Waals surface area contributed by atoms with Crippen LogP contribution in [0.25, 0.3) is 0 Å². The first-order valence-corrected chi connectivity index (χ1v) is 14.2. The summed E-state index contributed by atoms with van der Waals surface area (Å²) in [6.45, 7) is 8.41. The van der Waals surface area contributed by atoms with E-state index in [-0.39, 0.29) is 30.0 Å². The standard InChI is InChI=1S/C29H51NO5/c1-5-7-9-11-12-13-14-15-16-18-24(34-29(33)26(30-22-31)20-23(3)4)21-27-25(28(32)35-27)19-17-10-8-6-2/h15-16,22-27H,5-14,17-21H2,1-4H3,(H,30,31)/b16-15-. The zero-order valence-electron chi connectivity index (χ0n) is 22.8. The lowest BCUT2D eigenvalue weighted by atomic mass is 9.87. The van der Waals surface area contributed by atoms with Crippen LogP contribution in [0.15, 0.2) is 12.2 Å². The summed E-state index contributed by atoms with van der Waals surface area (Å²) >= 11 is 0. The molecule has 4 atom stereocenters. The van der Waals surface area contributed by atoms with E-state index in [0.29, 0.717) is 25.7 Å². The van der Waals surface area contributed by atoms with Crippen molar-refractivity contribution < 1.29 is 23.9 Å². The Kier molecular flexibility index (Phi) is 17.2. The van der Waals surface area contributed by atoms with Gasteiger partial charge in [-0.05, 0) is 31.6 Å². The maximum atomic E-state index is 12.8. The number of carbonyl (C=O) groups is 3. The molecule has 1 heterocycles. The van der Waals surface area contributed by atoms with E-state index in [1.807, 2.05) is 13.8 Å². The number of hydrogen-bond donors (Lipinski definition) is 1. The van der Waals surface area contributed by atoms with Crippen molar-refractivity contribution in [1.29, 1.82) is 0 Å². The number of carbonyl (C=O) groups excluding carboxylic acids is 3. The lowest BCUT2D eigenvalue weighted by Crippen LogP contribution is -2.48. The van der Waals surface area contributed by atoms with Crippen LogP contribution in [0.3, 0.4) is 0 Å². The molecule has 6 nitrogen and oxygen atoms in total. The van der Waals surface area contributed by atoms with Crippen molar-refractivity contribution in [3.8, 4) is 0 Å². The second kappa shape index (κ2) is 19.4. The SMILES string of the molecule is CCCCCCCC/C=C\CC(CC1OC(=O)C1CCCCCC)OC(=O)C(CC(C)C)NC=O. The minimum absolute atomic E-state index is 0.0975. The molecule has 35 heavy (non-hydrogen) atoms. The highest BCUT2D eigenvalue weighted by Crippen LogP contribution is 2.32. The Morgan fingerprint density at radius 1 is 1.00 bits per heavy atom. The molecule has 0 aromatic rings. The maximum absolute atomic E-state index is 12.8. The van der Waals surface area contributed by atoms with Crippen LogP contribution < -0.4 is 5.32 Å². The summed E-state index contributed by atoms with van der Waals surface area (Å²) in [5.74, 6) is -0.392. The fourth-order valence-corrected chi connectivity index (χ4v) is 4.60. The van der Waals surface area contributed by atoms with Crippen molar-refractivity contribution in [2.24, 2.45) is 11.8 Å². The number of rotatable bonds is 22. The molecule has 0 radical (unpaired) electrons. The molecule has 0 bridgehead atoms. The smallest absolute Gasteiger partial charge is 0.328 e. The molecule has 0 saturated carbocycles. The van der Waals surface area contributed by atoms with Crippen molar-refractivity contribution in [2.75, 3.05) is 0 Å². The van der Waals surface area contributed by atoms with E-state index in [0.717, 1.165) is 32.1 Å². The van der Waals surface area contributed by atoms with Crippen molar-refractivity contribution in [2.45, 2.75) is 142 Å². The fourth-order valence-electron chi connectivity index (χ4n) is 4.60. The van der Waals surface area contributed by atoms with Gasteiger partial charge in [0.25, 0.3) is 0 Å². The van der Waals surface area contributed by atoms with Crippen molar-refractivity contribution in [3.05, 3.63) is 12.2 Å². The van der Waals surface area contributed by atoms with Crippen LogP contribution in [0.4, 0.5) is 0 Å². The highest BCUT2D eigenvalue weighted by Gasteiger charge is 2.43. The summed E-state index contributed by atoms with van der Waals surface area (Å²) in [7, 11) is 0. The Morgan fingerprint density at radius 2 is 1.66 bits per heavy atom. The molecule has 202 valence electrons. The van der Waals surface area contributed by atoms with Crippen LogP contribution in [-0.2, 0) is 23.9 Å². The van der Waals surface area contributed by atoms with Crippen LogP contribution >= 0.6 is 0 Å². The minimum Gasteiger partial charge on any atom is -0.461 e. The van der Waals surface area contributed by atoms with Gasteiger partial charge >= 0.3 is 11.9 Å². The minimum atomic E-state index is -0.657. The highest BCUT2D eigenvalue weighted by molar-refractivity contribution is 5.79. The third-order valence-corrected chi connectivity index (χ3v) is 6.72. The third-order valence-electron chi connectivity index (χ3n) is 6.72. The topological polar surface area (TPSA) is 81.7 Å². The molecule has 1 saturated heterocycles. The molecular formula is C29H51NO5. The van der Waals surface area contributed by atoms with Crippen LogP contribution in [0.2, 0.25) is 0 Å². The highest BCUT2D eigenvalue weighted by atomic mass is 16.6. The number of esters is 2. The van der Waals surface area contributed by atoms with Gasteiger partial charge in [-0.2, -0.15) is 0 Å². The number of cyclic esters (lactones) is 1. The molecule has 1 aliphatic heterocycles. The largest absolute Gasteiger partial charge is 0.461 e. The first-order chi connectivity index (χ1) is 16.9. The number of allylic oxidation sites excluding steroid dienone is 1. The van der Waals surface area contributed by atoms with Gasteiger partial charge in [0.05, 0.1) is 5.92 Å². The average molecular weight is 494 g/mol. The molecular weight excluding hydrogens is 442 g/mol. The molecule has 1 fully saturated rings. The number of amides is 1. The average Bonchev–Trinajstić information content (AvgIpc) is 2.81. The third kappa shape index (κ3) is 13.7. The summed E-state index contributed by atoms with van der Waals surface area (Å²) in [5.41, 5.74) is 0. The summed E-state index contributed by atoms with van der Waals surface area (Å²) in [4.78, 5) is 35.9. The van der Waals surface area contributed by atoms with Crippen molar-refractivity contribution in [3.63, 3.8) is 0 Å². The Bertz CT molecular complexity index is 618. The molecule has 6 heteroatoms. The van der Waals surface area contributed by atoms with E-state index >= 15 is 0 Å². The van der Waals surface area contributed by atoms with E-state index in [9.17, 15) is 14.4 Å². The molecule has 1 rings (SSSR count). The molecule has 1 N–H and O–H groups in total. The first kappa shape index (κ1) is 31.2. The van der Waals surface area contributed by atoms with Gasteiger partial charge in [0.1, 0.15) is 18.2 Å². The number of nitrogens with one attached hydrogen (secondary N) is 1. The van der Waals surface area contributed by atoms with Crippen LogP contribution in [0.5, 0.6) is 0 Å². The van der Waals surface area contributed by atoms with E-state index in [1.165, 1.54) is 44.9 Å². The zero-order chi connectivity index (χ0) is 25.9. The predicted octanol–water partition coefficient (Wildman–Crippen LogP) is 6.66. The van der Waals surface area contributed by atoms with Gasteiger partial charge in [-0.15, -0.1) is 0 Å². The van der Waals surface area contributed by atoms with Gasteiger partial charge in [0.2, 0.25) is 6.41 Å². The normalized spacial score (nSPS) is 19.3. The molecule has 4 unspecified atom stereocenters. The van der Waals surface area contributed by atoms with E-state index in [1.54, 1.807) is 0 Å². The van der Waals surface area contributed by atoms with E-state index in [4.69, 9.17) is 9.47 Å². The number of hydrogen-bond acceptors (Lipinski definition) is 5. The van der Waals surface area contributed by atoms with Crippen LogP contribution in [-0.4, -0.2) is 36.6 Å². The lowest BCUT2D eigenvalue weighted by molar-refractivity contribution is -0.190. The number of unbranched alkanes of at least 4 members (excludes halogenated alkanes) is 9. The Morgan fingerprint density at radius 3 is 2.29 bits per heavy atom. The number of ether oxygens (including phenoxy) is 2. The second-order valence-electron chi connectivity index (χ2n) is 10.5. The van der Waals surface area contributed by atoms with Crippen LogP contribution in [0.1, 0.15) is 124 Å². The molecule has 0 aromatic carbocycles. The monoisotopic (exact) mass is 493 g/mol. The van der Waals surface area contributed by atoms with Gasteiger partial charge in [-0.1, -0.05) is 97.6 Å². The van der Waals surface area contributed by atoms with Crippen LogP contribution in [0, 0.1) is 11.8 Å². The molecule has 1 aliphatic rings.